The molecule has 2 aromatic rings. The molecule has 1 heterocycles. The van der Waals surface area contributed by atoms with Gasteiger partial charge < -0.3 is 0 Å². The van der Waals surface area contributed by atoms with E-state index in [4.69, 9.17) is 11.6 Å². The van der Waals surface area contributed by atoms with Crippen molar-refractivity contribution in [3.05, 3.63) is 53.2 Å². The van der Waals surface area contributed by atoms with Gasteiger partial charge in [0.1, 0.15) is 0 Å². The number of rotatable bonds is 2. The molecule has 1 aromatic heterocycles. The van der Waals surface area contributed by atoms with Gasteiger partial charge in [-0.2, -0.15) is 0 Å². The second-order valence-electron chi connectivity index (χ2n) is 3.16. The zero-order valence-electron chi connectivity index (χ0n) is 7.95. The topological polar surface area (TPSA) is 12.9 Å². The van der Waals surface area contributed by atoms with Gasteiger partial charge in [-0.25, -0.2) is 0 Å². The Morgan fingerprint density at radius 1 is 1.20 bits per heavy atom. The van der Waals surface area contributed by atoms with Gasteiger partial charge in [0.25, 0.3) is 0 Å². The summed E-state index contributed by atoms with van der Waals surface area (Å²) in [5.74, 6) is 0. The lowest BCUT2D eigenvalue weighted by atomic mass is 10.1. The van der Waals surface area contributed by atoms with E-state index in [-0.39, 0.29) is 0 Å². The minimum Gasteiger partial charge on any atom is -0.255 e. The Hall–Kier alpha value is -0.860. The maximum absolute atomic E-state index is 5.99. The fraction of sp³-hybridized carbons (Fsp3) is 0.0833. The van der Waals surface area contributed by atoms with Crippen LogP contribution in [0.1, 0.15) is 5.56 Å². The van der Waals surface area contributed by atoms with Crippen molar-refractivity contribution in [2.45, 2.75) is 5.33 Å². The van der Waals surface area contributed by atoms with E-state index in [9.17, 15) is 0 Å². The summed E-state index contributed by atoms with van der Waals surface area (Å²) in [4.78, 5) is 4.30. The summed E-state index contributed by atoms with van der Waals surface area (Å²) in [5.41, 5.74) is 3.12. The van der Waals surface area contributed by atoms with Crippen molar-refractivity contribution in [3.63, 3.8) is 0 Å². The molecule has 15 heavy (non-hydrogen) atoms. The number of hydrogen-bond acceptors (Lipinski definition) is 1. The van der Waals surface area contributed by atoms with Crippen LogP contribution in [0, 0.1) is 0 Å². The van der Waals surface area contributed by atoms with E-state index in [1.54, 1.807) is 6.20 Å². The number of benzene rings is 1. The number of alkyl halides is 1. The fourth-order valence-corrected chi connectivity index (χ4v) is 2.15. The number of halogens is 2. The van der Waals surface area contributed by atoms with Crippen LogP contribution in [0.2, 0.25) is 5.02 Å². The number of pyridine rings is 1. The number of nitrogens with zero attached hydrogens (tertiary/aromatic N) is 1. The van der Waals surface area contributed by atoms with E-state index in [1.165, 1.54) is 0 Å². The zero-order valence-corrected chi connectivity index (χ0v) is 10.3. The number of aromatic nitrogens is 1. The molecule has 0 radical (unpaired) electrons. The minimum atomic E-state index is 0.701. The lowest BCUT2D eigenvalue weighted by Crippen LogP contribution is -1.87. The first kappa shape index (κ1) is 10.7. The van der Waals surface area contributed by atoms with E-state index in [0.29, 0.717) is 5.02 Å². The van der Waals surface area contributed by atoms with Gasteiger partial charge in [-0.3, -0.25) is 4.98 Å². The molecule has 0 saturated carbocycles. The molecule has 0 bridgehead atoms. The Balaban J connectivity index is 2.46. The highest BCUT2D eigenvalue weighted by molar-refractivity contribution is 9.08. The maximum atomic E-state index is 5.99. The normalized spacial score (nSPS) is 10.3. The van der Waals surface area contributed by atoms with Crippen molar-refractivity contribution < 1.29 is 0 Å². The SMILES string of the molecule is Clc1cnc(-c2ccccc2)cc1CBr. The van der Waals surface area contributed by atoms with E-state index in [1.807, 2.05) is 36.4 Å². The van der Waals surface area contributed by atoms with Gasteiger partial charge in [0.05, 0.1) is 10.7 Å². The Labute approximate surface area is 102 Å². The number of hydrogen-bond donors (Lipinski definition) is 0. The van der Waals surface area contributed by atoms with E-state index in [2.05, 4.69) is 20.9 Å². The van der Waals surface area contributed by atoms with Crippen LogP contribution in [-0.2, 0) is 5.33 Å². The van der Waals surface area contributed by atoms with Crippen LogP contribution < -0.4 is 0 Å². The average molecular weight is 283 g/mol. The first-order chi connectivity index (χ1) is 7.31. The highest BCUT2D eigenvalue weighted by Gasteiger charge is 2.03. The second kappa shape index (κ2) is 4.77. The van der Waals surface area contributed by atoms with Crippen LogP contribution in [0.5, 0.6) is 0 Å². The zero-order chi connectivity index (χ0) is 10.7. The summed E-state index contributed by atoms with van der Waals surface area (Å²) in [6.07, 6.45) is 1.69. The van der Waals surface area contributed by atoms with Crippen molar-refractivity contribution in [1.29, 1.82) is 0 Å². The van der Waals surface area contributed by atoms with Crippen LogP contribution >= 0.6 is 27.5 Å². The highest BCUT2D eigenvalue weighted by Crippen LogP contribution is 2.23. The molecule has 0 spiro atoms. The van der Waals surface area contributed by atoms with Gasteiger partial charge in [-0.05, 0) is 11.6 Å². The minimum absolute atomic E-state index is 0.701. The van der Waals surface area contributed by atoms with Gasteiger partial charge in [0.15, 0.2) is 0 Å². The van der Waals surface area contributed by atoms with Crippen molar-refractivity contribution in [3.8, 4) is 11.3 Å². The van der Waals surface area contributed by atoms with Crippen LogP contribution in [0.15, 0.2) is 42.6 Å². The lowest BCUT2D eigenvalue weighted by molar-refractivity contribution is 1.28. The summed E-state index contributed by atoms with van der Waals surface area (Å²) in [7, 11) is 0. The molecule has 0 N–H and O–H groups in total. The average Bonchev–Trinajstić information content (AvgIpc) is 2.31. The highest BCUT2D eigenvalue weighted by atomic mass is 79.9. The van der Waals surface area contributed by atoms with Crippen molar-refractivity contribution in [2.75, 3.05) is 0 Å². The third kappa shape index (κ3) is 2.39. The van der Waals surface area contributed by atoms with E-state index < -0.39 is 0 Å². The molecular formula is C12H9BrClN. The predicted molar refractivity (Wildman–Crippen MR) is 67.3 cm³/mol. The summed E-state index contributed by atoms with van der Waals surface area (Å²) in [6.45, 7) is 0. The summed E-state index contributed by atoms with van der Waals surface area (Å²) in [6, 6.07) is 12.1. The van der Waals surface area contributed by atoms with Gasteiger partial charge in [0.2, 0.25) is 0 Å². The first-order valence-electron chi connectivity index (χ1n) is 4.57. The molecule has 0 atom stereocenters. The van der Waals surface area contributed by atoms with Gasteiger partial charge in [-0.1, -0.05) is 57.9 Å². The summed E-state index contributed by atoms with van der Waals surface area (Å²) in [5, 5.41) is 1.44. The Kier molecular flexibility index (Phi) is 3.39. The van der Waals surface area contributed by atoms with E-state index >= 15 is 0 Å². The Morgan fingerprint density at radius 3 is 2.60 bits per heavy atom. The second-order valence-corrected chi connectivity index (χ2v) is 4.13. The van der Waals surface area contributed by atoms with Gasteiger partial charge >= 0.3 is 0 Å². The molecule has 1 nitrogen and oxygen atoms in total. The maximum Gasteiger partial charge on any atom is 0.0706 e. The molecule has 0 aliphatic carbocycles. The van der Waals surface area contributed by atoms with Crippen LogP contribution in [0.3, 0.4) is 0 Å². The summed E-state index contributed by atoms with van der Waals surface area (Å²) >= 11 is 9.39. The van der Waals surface area contributed by atoms with Crippen molar-refractivity contribution in [1.82, 2.24) is 4.98 Å². The van der Waals surface area contributed by atoms with Crippen LogP contribution in [0.25, 0.3) is 11.3 Å². The van der Waals surface area contributed by atoms with Gasteiger partial charge in [-0.15, -0.1) is 0 Å². The molecule has 2 rings (SSSR count). The third-order valence-electron chi connectivity index (χ3n) is 2.15. The van der Waals surface area contributed by atoms with Crippen LogP contribution in [-0.4, -0.2) is 4.98 Å². The fourth-order valence-electron chi connectivity index (χ4n) is 1.35. The molecule has 0 aliphatic heterocycles. The van der Waals surface area contributed by atoms with E-state index in [0.717, 1.165) is 22.2 Å². The van der Waals surface area contributed by atoms with Crippen molar-refractivity contribution >= 4 is 27.5 Å². The molecule has 0 amide bonds. The molecule has 76 valence electrons. The third-order valence-corrected chi connectivity index (χ3v) is 3.09. The summed E-state index contributed by atoms with van der Waals surface area (Å²) < 4.78 is 0. The standard InChI is InChI=1S/C12H9BrClN/c13-7-10-6-12(15-8-11(10)14)9-4-2-1-3-5-9/h1-6,8H,7H2. The quantitative estimate of drug-likeness (QED) is 0.749. The van der Waals surface area contributed by atoms with Crippen molar-refractivity contribution in [2.24, 2.45) is 0 Å². The first-order valence-corrected chi connectivity index (χ1v) is 6.07. The monoisotopic (exact) mass is 281 g/mol. The molecule has 0 fully saturated rings. The van der Waals surface area contributed by atoms with Gasteiger partial charge in [0, 0.05) is 17.1 Å². The molecule has 0 aliphatic rings. The predicted octanol–water partition coefficient (Wildman–Crippen LogP) is 4.30. The smallest absolute Gasteiger partial charge is 0.0706 e. The van der Waals surface area contributed by atoms with Crippen LogP contribution in [0.4, 0.5) is 0 Å². The molecule has 0 unspecified atom stereocenters. The lowest BCUT2D eigenvalue weighted by Gasteiger charge is -2.04. The molecule has 0 saturated heterocycles. The Morgan fingerprint density at radius 2 is 1.93 bits per heavy atom. The molecular weight excluding hydrogens is 273 g/mol. The molecule has 1 aromatic carbocycles. The molecule has 3 heteroatoms. The Bertz CT molecular complexity index is 456. The largest absolute Gasteiger partial charge is 0.255 e.